The van der Waals surface area contributed by atoms with Gasteiger partial charge in [-0.15, -0.1) is 10.2 Å². The molecule has 3 aromatic rings. The van der Waals surface area contributed by atoms with E-state index in [-0.39, 0.29) is 5.56 Å². The van der Waals surface area contributed by atoms with Gasteiger partial charge in [-0.3, -0.25) is 13.8 Å². The predicted octanol–water partition coefficient (Wildman–Crippen LogP) is 3.51. The van der Waals surface area contributed by atoms with E-state index < -0.39 is 0 Å². The van der Waals surface area contributed by atoms with E-state index >= 15 is 0 Å². The molecule has 2 aromatic heterocycles. The van der Waals surface area contributed by atoms with Crippen molar-refractivity contribution in [2.45, 2.75) is 56.0 Å². The lowest BCUT2D eigenvalue weighted by atomic mass is 10.2. The lowest BCUT2D eigenvalue weighted by Gasteiger charge is -2.12. The zero-order valence-electron chi connectivity index (χ0n) is 15.1. The molecule has 1 fully saturated rings. The van der Waals surface area contributed by atoms with Crippen LogP contribution in [0.25, 0.3) is 16.7 Å². The van der Waals surface area contributed by atoms with Crippen LogP contribution in [0.1, 0.15) is 39.0 Å². The molecule has 4 rings (SSSR count). The minimum Gasteiger partial charge on any atom is -0.382 e. The maximum Gasteiger partial charge on any atom is 0.262 e. The largest absolute Gasteiger partial charge is 0.382 e. The van der Waals surface area contributed by atoms with Gasteiger partial charge in [0.25, 0.3) is 5.56 Å². The van der Waals surface area contributed by atoms with Crippen LogP contribution in [-0.2, 0) is 11.3 Å². The van der Waals surface area contributed by atoms with E-state index in [9.17, 15) is 4.79 Å². The van der Waals surface area contributed by atoms with Crippen LogP contribution < -0.4 is 5.56 Å². The predicted molar refractivity (Wildman–Crippen MR) is 104 cm³/mol. The molecule has 2 heterocycles. The van der Waals surface area contributed by atoms with Crippen molar-refractivity contribution in [3.8, 4) is 0 Å². The number of nitrogens with zero attached hydrogens (tertiary/aromatic N) is 4. The van der Waals surface area contributed by atoms with Gasteiger partial charge in [0, 0.05) is 25.0 Å². The minimum absolute atomic E-state index is 0.00517. The van der Waals surface area contributed by atoms with Crippen molar-refractivity contribution in [1.82, 2.24) is 19.2 Å². The molecule has 7 heteroatoms. The van der Waals surface area contributed by atoms with Crippen LogP contribution in [0.15, 0.2) is 34.2 Å². The standard InChI is InChI=1S/C19H24N4O2S/c1-2-25-13-7-12-22-17(24)15-10-5-6-11-16(15)23-18(22)20-21-19(23)26-14-8-3-4-9-14/h5-6,10-11,14H,2-4,7-9,12-13H2,1H3. The smallest absolute Gasteiger partial charge is 0.262 e. The number of fused-ring (bicyclic) bond motifs is 3. The van der Waals surface area contributed by atoms with E-state index in [0.717, 1.165) is 17.1 Å². The van der Waals surface area contributed by atoms with E-state index in [0.29, 0.717) is 36.2 Å². The number of rotatable bonds is 7. The van der Waals surface area contributed by atoms with Gasteiger partial charge in [-0.05, 0) is 38.3 Å². The third kappa shape index (κ3) is 3.25. The molecule has 1 saturated carbocycles. The van der Waals surface area contributed by atoms with Crippen molar-refractivity contribution in [3.05, 3.63) is 34.6 Å². The summed E-state index contributed by atoms with van der Waals surface area (Å²) in [6, 6.07) is 7.75. The minimum atomic E-state index is -0.00517. The van der Waals surface area contributed by atoms with Crippen molar-refractivity contribution in [2.75, 3.05) is 13.2 Å². The summed E-state index contributed by atoms with van der Waals surface area (Å²) in [7, 11) is 0. The molecule has 0 unspecified atom stereocenters. The lowest BCUT2D eigenvalue weighted by Crippen LogP contribution is -2.24. The highest BCUT2D eigenvalue weighted by atomic mass is 32.2. The van der Waals surface area contributed by atoms with E-state index in [2.05, 4.69) is 14.6 Å². The molecule has 0 N–H and O–H groups in total. The van der Waals surface area contributed by atoms with Gasteiger partial charge in [-0.1, -0.05) is 36.7 Å². The molecule has 0 radical (unpaired) electrons. The number of para-hydroxylation sites is 1. The van der Waals surface area contributed by atoms with E-state index in [1.807, 2.05) is 31.2 Å². The summed E-state index contributed by atoms with van der Waals surface area (Å²) in [5, 5.41) is 11.0. The first-order chi connectivity index (χ1) is 12.8. The van der Waals surface area contributed by atoms with Crippen molar-refractivity contribution in [1.29, 1.82) is 0 Å². The molecule has 0 saturated heterocycles. The van der Waals surface area contributed by atoms with Crippen LogP contribution in [-0.4, -0.2) is 37.6 Å². The first-order valence-electron chi connectivity index (χ1n) is 9.40. The van der Waals surface area contributed by atoms with Gasteiger partial charge in [-0.25, -0.2) is 0 Å². The second-order valence-electron chi connectivity index (χ2n) is 6.67. The Morgan fingerprint density at radius 3 is 2.85 bits per heavy atom. The highest BCUT2D eigenvalue weighted by Crippen LogP contribution is 2.34. The summed E-state index contributed by atoms with van der Waals surface area (Å²) >= 11 is 1.80. The third-order valence-corrected chi connectivity index (χ3v) is 6.21. The molecule has 1 aliphatic carbocycles. The molecular weight excluding hydrogens is 348 g/mol. The Morgan fingerprint density at radius 2 is 2.04 bits per heavy atom. The van der Waals surface area contributed by atoms with Crippen molar-refractivity contribution < 1.29 is 4.74 Å². The van der Waals surface area contributed by atoms with Gasteiger partial charge in [0.05, 0.1) is 10.9 Å². The topological polar surface area (TPSA) is 61.4 Å². The second kappa shape index (κ2) is 7.80. The Labute approximate surface area is 156 Å². The molecule has 0 spiro atoms. The highest BCUT2D eigenvalue weighted by Gasteiger charge is 2.22. The van der Waals surface area contributed by atoms with Crippen LogP contribution in [0, 0.1) is 0 Å². The fourth-order valence-electron chi connectivity index (χ4n) is 3.64. The van der Waals surface area contributed by atoms with Crippen LogP contribution in [0.3, 0.4) is 0 Å². The van der Waals surface area contributed by atoms with E-state index in [1.54, 1.807) is 16.3 Å². The first-order valence-corrected chi connectivity index (χ1v) is 10.3. The maximum absolute atomic E-state index is 13.0. The molecular formula is C19H24N4O2S. The molecule has 0 amide bonds. The van der Waals surface area contributed by atoms with Gasteiger partial charge in [0.15, 0.2) is 5.16 Å². The number of ether oxygens (including phenoxy) is 1. The fourth-order valence-corrected chi connectivity index (χ4v) is 4.88. The van der Waals surface area contributed by atoms with E-state index in [1.165, 1.54) is 25.7 Å². The first kappa shape index (κ1) is 17.5. The number of benzene rings is 1. The summed E-state index contributed by atoms with van der Waals surface area (Å²) in [6.45, 7) is 3.89. The van der Waals surface area contributed by atoms with E-state index in [4.69, 9.17) is 4.74 Å². The number of thioether (sulfide) groups is 1. The molecule has 1 aromatic carbocycles. The molecule has 6 nitrogen and oxygen atoms in total. The van der Waals surface area contributed by atoms with Gasteiger partial charge in [0.2, 0.25) is 5.78 Å². The number of hydrogen-bond donors (Lipinski definition) is 0. The van der Waals surface area contributed by atoms with Crippen LogP contribution in [0.2, 0.25) is 0 Å². The second-order valence-corrected chi connectivity index (χ2v) is 7.93. The summed E-state index contributed by atoms with van der Waals surface area (Å²) < 4.78 is 9.23. The van der Waals surface area contributed by atoms with Gasteiger partial charge in [0.1, 0.15) is 0 Å². The summed E-state index contributed by atoms with van der Waals surface area (Å²) in [6.07, 6.45) is 5.81. The Kier molecular flexibility index (Phi) is 5.26. The van der Waals surface area contributed by atoms with Crippen molar-refractivity contribution >= 4 is 28.4 Å². The van der Waals surface area contributed by atoms with Crippen LogP contribution in [0.4, 0.5) is 0 Å². The summed E-state index contributed by atoms with van der Waals surface area (Å²) in [4.78, 5) is 13.0. The van der Waals surface area contributed by atoms with Crippen LogP contribution in [0.5, 0.6) is 0 Å². The molecule has 1 aliphatic rings. The third-order valence-electron chi connectivity index (χ3n) is 4.93. The molecule has 138 valence electrons. The monoisotopic (exact) mass is 372 g/mol. The highest BCUT2D eigenvalue weighted by molar-refractivity contribution is 7.99. The Morgan fingerprint density at radius 1 is 1.23 bits per heavy atom. The summed E-state index contributed by atoms with van der Waals surface area (Å²) in [5.74, 6) is 0.630. The SMILES string of the molecule is CCOCCCn1c(=O)c2ccccc2n2c(SC3CCCC3)nnc12. The maximum atomic E-state index is 13.0. The van der Waals surface area contributed by atoms with Crippen LogP contribution >= 0.6 is 11.8 Å². The lowest BCUT2D eigenvalue weighted by molar-refractivity contribution is 0.141. The molecule has 26 heavy (non-hydrogen) atoms. The molecule has 0 aliphatic heterocycles. The zero-order valence-corrected chi connectivity index (χ0v) is 15.9. The number of aryl methyl sites for hydroxylation is 1. The summed E-state index contributed by atoms with van der Waals surface area (Å²) in [5.41, 5.74) is 0.883. The van der Waals surface area contributed by atoms with Crippen molar-refractivity contribution in [3.63, 3.8) is 0 Å². The van der Waals surface area contributed by atoms with Gasteiger partial charge < -0.3 is 4.74 Å². The van der Waals surface area contributed by atoms with Crippen molar-refractivity contribution in [2.24, 2.45) is 0 Å². The molecule has 0 atom stereocenters. The average molecular weight is 372 g/mol. The average Bonchev–Trinajstić information content (AvgIpc) is 3.32. The molecule has 0 bridgehead atoms. The quantitative estimate of drug-likeness (QED) is 0.594. The van der Waals surface area contributed by atoms with Gasteiger partial charge in [-0.2, -0.15) is 0 Å². The number of aromatic nitrogens is 4. The Balaban J connectivity index is 1.80. The normalized spacial score (nSPS) is 15.4. The number of hydrogen-bond acceptors (Lipinski definition) is 5. The Hall–Kier alpha value is -1.86. The Bertz CT molecular complexity index is 959. The zero-order chi connectivity index (χ0) is 17.9. The van der Waals surface area contributed by atoms with Gasteiger partial charge >= 0.3 is 0 Å². The fraction of sp³-hybridized carbons (Fsp3) is 0.526.